The lowest BCUT2D eigenvalue weighted by atomic mass is 9.89. The van der Waals surface area contributed by atoms with E-state index in [9.17, 15) is 9.59 Å². The van der Waals surface area contributed by atoms with Crippen molar-refractivity contribution in [1.29, 1.82) is 0 Å². The van der Waals surface area contributed by atoms with Crippen LogP contribution in [0.15, 0.2) is 41.8 Å². The van der Waals surface area contributed by atoms with Crippen molar-refractivity contribution in [1.82, 2.24) is 9.80 Å². The molecule has 6 nitrogen and oxygen atoms in total. The molecule has 1 atom stereocenters. The minimum absolute atomic E-state index is 0.000767. The maximum absolute atomic E-state index is 12.9. The Kier molecular flexibility index (Phi) is 6.13. The quantitative estimate of drug-likeness (QED) is 0.677. The lowest BCUT2D eigenvalue weighted by Crippen LogP contribution is -2.43. The molecule has 1 amide bonds. The number of thiophene rings is 1. The molecule has 1 aliphatic carbocycles. The van der Waals surface area contributed by atoms with Crippen LogP contribution in [-0.2, 0) is 29.2 Å². The van der Waals surface area contributed by atoms with Crippen LogP contribution in [0.5, 0.6) is 0 Å². The van der Waals surface area contributed by atoms with Crippen LogP contribution in [0.3, 0.4) is 0 Å². The summed E-state index contributed by atoms with van der Waals surface area (Å²) in [6.07, 6.45) is 1.92. The Morgan fingerprint density at radius 2 is 1.94 bits per heavy atom. The van der Waals surface area contributed by atoms with Crippen molar-refractivity contribution >= 4 is 28.7 Å². The van der Waals surface area contributed by atoms with E-state index in [4.69, 9.17) is 4.74 Å². The molecule has 1 saturated carbocycles. The second-order valence-corrected chi connectivity index (χ2v) is 9.83. The first-order valence-corrected chi connectivity index (χ1v) is 12.2. The average molecular weight is 452 g/mol. The molecule has 0 spiro atoms. The fourth-order valence-electron chi connectivity index (χ4n) is 4.78. The molecule has 2 aromatic rings. The van der Waals surface area contributed by atoms with Crippen LogP contribution < -0.4 is 5.32 Å². The van der Waals surface area contributed by atoms with Gasteiger partial charge < -0.3 is 15.0 Å². The van der Waals surface area contributed by atoms with E-state index in [-0.39, 0.29) is 17.7 Å². The summed E-state index contributed by atoms with van der Waals surface area (Å²) < 4.78 is 5.42. The van der Waals surface area contributed by atoms with Crippen molar-refractivity contribution in [2.45, 2.75) is 44.9 Å². The third-order valence-electron chi connectivity index (χ3n) is 6.66. The zero-order valence-electron chi connectivity index (χ0n) is 18.3. The van der Waals surface area contributed by atoms with Crippen molar-refractivity contribution in [3.63, 3.8) is 0 Å². The molecule has 1 aromatic carbocycles. The van der Waals surface area contributed by atoms with E-state index in [0.29, 0.717) is 25.9 Å². The molecular formula is C25H29N3O3S. The summed E-state index contributed by atoms with van der Waals surface area (Å²) in [6, 6.07) is 8.28. The topological polar surface area (TPSA) is 61.9 Å². The van der Waals surface area contributed by atoms with E-state index >= 15 is 0 Å². The molecular weight excluding hydrogens is 422 g/mol. The second kappa shape index (κ2) is 9.17. The van der Waals surface area contributed by atoms with Gasteiger partial charge in [-0.25, -0.2) is 0 Å². The number of anilines is 1. The zero-order chi connectivity index (χ0) is 22.1. The largest absolute Gasteiger partial charge is 0.380 e. The van der Waals surface area contributed by atoms with E-state index in [1.165, 1.54) is 10.4 Å². The Morgan fingerprint density at radius 1 is 1.16 bits per heavy atom. The van der Waals surface area contributed by atoms with Gasteiger partial charge >= 0.3 is 0 Å². The predicted octanol–water partition coefficient (Wildman–Crippen LogP) is 3.83. The monoisotopic (exact) mass is 451 g/mol. The van der Waals surface area contributed by atoms with Crippen molar-refractivity contribution in [3.8, 4) is 0 Å². The summed E-state index contributed by atoms with van der Waals surface area (Å²) in [5, 5.41) is 5.45. The number of ether oxygens (including phenoxy) is 1. The van der Waals surface area contributed by atoms with Gasteiger partial charge in [0.25, 0.3) is 5.91 Å². The Balaban J connectivity index is 1.19. The molecule has 2 aliphatic heterocycles. The van der Waals surface area contributed by atoms with Crippen LogP contribution in [0, 0.1) is 0 Å². The van der Waals surface area contributed by atoms with Crippen molar-refractivity contribution < 1.29 is 14.3 Å². The summed E-state index contributed by atoms with van der Waals surface area (Å²) in [5.74, 6) is 0.126. The normalized spacial score (nSPS) is 21.8. The number of nitrogens with one attached hydrogen (secondary N) is 1. The Hall–Kier alpha value is -2.48. The number of benzene rings is 1. The number of amides is 1. The van der Waals surface area contributed by atoms with E-state index in [1.54, 1.807) is 16.2 Å². The second-order valence-electron chi connectivity index (χ2n) is 8.87. The van der Waals surface area contributed by atoms with Crippen LogP contribution in [0.25, 0.3) is 0 Å². The maximum Gasteiger partial charge on any atom is 0.255 e. The number of Topliss-reactive ketones (excluding diaryl/α,β-unsaturated/α-hetero) is 1. The number of carbonyl (C=O) groups excluding carboxylic acids is 2. The Bertz CT molecular complexity index is 1020. The minimum atomic E-state index is -0.301. The van der Waals surface area contributed by atoms with Gasteiger partial charge in [-0.15, -0.1) is 11.3 Å². The number of fused-ring (bicyclic) bond motifs is 1. The van der Waals surface area contributed by atoms with Gasteiger partial charge in [0.05, 0.1) is 24.8 Å². The first-order valence-electron chi connectivity index (χ1n) is 11.3. The number of ketones is 1. The summed E-state index contributed by atoms with van der Waals surface area (Å²) in [4.78, 5) is 30.8. The third-order valence-corrected chi connectivity index (χ3v) is 7.69. The van der Waals surface area contributed by atoms with Crippen molar-refractivity contribution in [2.75, 3.05) is 31.6 Å². The first kappa shape index (κ1) is 21.4. The molecule has 3 heterocycles. The molecule has 32 heavy (non-hydrogen) atoms. The third kappa shape index (κ3) is 4.37. The fourth-order valence-corrected chi connectivity index (χ4v) is 5.76. The molecule has 0 radical (unpaired) electrons. The van der Waals surface area contributed by atoms with Gasteiger partial charge in [-0.1, -0.05) is 24.3 Å². The van der Waals surface area contributed by atoms with E-state index in [2.05, 4.69) is 41.1 Å². The lowest BCUT2D eigenvalue weighted by Gasteiger charge is -2.30. The summed E-state index contributed by atoms with van der Waals surface area (Å²) in [6.45, 7) is 9.71. The molecule has 7 heteroatoms. The Morgan fingerprint density at radius 3 is 2.69 bits per heavy atom. The van der Waals surface area contributed by atoms with Crippen LogP contribution >= 0.6 is 11.3 Å². The SMILES string of the molecule is C=C1CC[C@H](N2Cc3c(csc3CNc3ccc(CN4CCOCC4)cc3)C2=O)C(=O)C1. The number of carbonyl (C=O) groups is 2. The molecule has 1 N–H and O–H groups in total. The van der Waals surface area contributed by atoms with Gasteiger partial charge in [-0.05, 0) is 36.1 Å². The molecule has 168 valence electrons. The molecule has 0 unspecified atom stereocenters. The molecule has 0 bridgehead atoms. The standard InChI is InChI=1S/C25H29N3O3S/c1-17-2-7-22(23(29)12-17)28-15-20-21(25(28)30)16-32-24(20)13-26-19-5-3-18(4-6-19)14-27-8-10-31-11-9-27/h3-6,16,22,26H,1-2,7-15H2/t22-/m0/s1. The molecule has 1 aromatic heterocycles. The highest BCUT2D eigenvalue weighted by molar-refractivity contribution is 7.10. The maximum atomic E-state index is 12.9. The van der Waals surface area contributed by atoms with Gasteiger partial charge in [0.15, 0.2) is 5.78 Å². The first-order chi connectivity index (χ1) is 15.6. The average Bonchev–Trinajstić information content (AvgIpc) is 3.34. The van der Waals surface area contributed by atoms with Gasteiger partial charge in [0, 0.05) is 55.1 Å². The zero-order valence-corrected chi connectivity index (χ0v) is 19.1. The number of nitrogens with zero attached hydrogens (tertiary/aromatic N) is 2. The van der Waals surface area contributed by atoms with E-state index < -0.39 is 0 Å². The molecule has 5 rings (SSSR count). The van der Waals surface area contributed by atoms with Crippen LogP contribution in [-0.4, -0.2) is 53.8 Å². The van der Waals surface area contributed by atoms with Gasteiger partial charge in [0.1, 0.15) is 0 Å². The fraction of sp³-hybridized carbons (Fsp3) is 0.440. The highest BCUT2D eigenvalue weighted by Crippen LogP contribution is 2.35. The summed E-state index contributed by atoms with van der Waals surface area (Å²) in [7, 11) is 0. The van der Waals surface area contributed by atoms with E-state index in [0.717, 1.165) is 61.7 Å². The molecule has 2 fully saturated rings. The van der Waals surface area contributed by atoms with Crippen molar-refractivity contribution in [2.24, 2.45) is 0 Å². The summed E-state index contributed by atoms with van der Waals surface area (Å²) >= 11 is 1.62. The number of hydrogen-bond donors (Lipinski definition) is 1. The van der Waals surface area contributed by atoms with Crippen molar-refractivity contribution in [3.05, 3.63) is 63.4 Å². The Labute approximate surface area is 192 Å². The minimum Gasteiger partial charge on any atom is -0.380 e. The van der Waals surface area contributed by atoms with Crippen LogP contribution in [0.2, 0.25) is 0 Å². The number of rotatable bonds is 6. The number of hydrogen-bond acceptors (Lipinski definition) is 6. The van der Waals surface area contributed by atoms with Crippen LogP contribution in [0.1, 0.15) is 45.6 Å². The number of allylic oxidation sites excluding steroid dienone is 1. The highest BCUT2D eigenvalue weighted by Gasteiger charge is 2.39. The van der Waals surface area contributed by atoms with Gasteiger partial charge in [-0.3, -0.25) is 14.5 Å². The smallest absolute Gasteiger partial charge is 0.255 e. The van der Waals surface area contributed by atoms with Gasteiger partial charge in [-0.2, -0.15) is 0 Å². The molecule has 1 saturated heterocycles. The lowest BCUT2D eigenvalue weighted by molar-refractivity contribution is -0.124. The number of morpholine rings is 1. The molecule has 3 aliphatic rings. The summed E-state index contributed by atoms with van der Waals surface area (Å²) in [5.41, 5.74) is 5.20. The van der Waals surface area contributed by atoms with Gasteiger partial charge in [0.2, 0.25) is 0 Å². The highest BCUT2D eigenvalue weighted by atomic mass is 32.1. The predicted molar refractivity (Wildman–Crippen MR) is 126 cm³/mol. The van der Waals surface area contributed by atoms with Crippen LogP contribution in [0.4, 0.5) is 5.69 Å². The van der Waals surface area contributed by atoms with E-state index in [1.807, 2.05) is 5.38 Å².